The Balaban J connectivity index is 1.71. The number of carbonyl (C=O) groups excluding carboxylic acids is 1. The molecule has 0 spiro atoms. The minimum absolute atomic E-state index is 0.0249. The number of hydrogen-bond acceptors (Lipinski definition) is 4. The molecule has 1 saturated heterocycles. The van der Waals surface area contributed by atoms with Gasteiger partial charge in [0.15, 0.2) is 0 Å². The maximum atomic E-state index is 14.0. The highest BCUT2D eigenvalue weighted by molar-refractivity contribution is 5.87. The second-order valence-electron chi connectivity index (χ2n) is 8.58. The van der Waals surface area contributed by atoms with Gasteiger partial charge >= 0.3 is 0 Å². The minimum Gasteiger partial charge on any atom is -0.337 e. The van der Waals surface area contributed by atoms with Crippen LogP contribution in [0.3, 0.4) is 0 Å². The number of amides is 1. The van der Waals surface area contributed by atoms with Gasteiger partial charge in [0.2, 0.25) is 5.91 Å². The molecule has 0 N–H and O–H groups in total. The van der Waals surface area contributed by atoms with Gasteiger partial charge in [0.1, 0.15) is 0 Å². The zero-order valence-corrected chi connectivity index (χ0v) is 18.8. The average Bonchev–Trinajstić information content (AvgIpc) is 3.37. The molecule has 1 heterocycles. The van der Waals surface area contributed by atoms with E-state index in [-0.39, 0.29) is 22.6 Å². The number of rotatable bonds is 8. The topological polar surface area (TPSA) is 66.7 Å². The molecule has 170 valence electrons. The van der Waals surface area contributed by atoms with Crippen molar-refractivity contribution >= 4 is 11.6 Å². The zero-order valence-electron chi connectivity index (χ0n) is 18.8. The first-order valence-corrected chi connectivity index (χ1v) is 11.4. The number of nitrogens with zero attached hydrogens (tertiary/aromatic N) is 3. The van der Waals surface area contributed by atoms with Crippen molar-refractivity contribution in [3.05, 3.63) is 112 Å². The summed E-state index contributed by atoms with van der Waals surface area (Å²) >= 11 is 0. The van der Waals surface area contributed by atoms with Crippen molar-refractivity contribution < 1.29 is 9.72 Å². The second-order valence-corrected chi connectivity index (χ2v) is 8.58. The van der Waals surface area contributed by atoms with Crippen molar-refractivity contribution in [1.82, 2.24) is 9.80 Å². The fraction of sp³-hybridized carbons (Fsp3) is 0.296. The molecule has 6 nitrogen and oxygen atoms in total. The Hall–Kier alpha value is -3.51. The summed E-state index contributed by atoms with van der Waals surface area (Å²) in [6, 6.07) is 26.0. The molecule has 1 unspecified atom stereocenters. The number of hydrogen-bond donors (Lipinski definition) is 0. The van der Waals surface area contributed by atoms with E-state index in [2.05, 4.69) is 4.90 Å². The maximum absolute atomic E-state index is 14.0. The molecule has 3 aromatic carbocycles. The summed E-state index contributed by atoms with van der Waals surface area (Å²) < 4.78 is 0. The van der Waals surface area contributed by atoms with Crippen molar-refractivity contribution in [3.63, 3.8) is 0 Å². The van der Waals surface area contributed by atoms with Crippen LogP contribution < -0.4 is 0 Å². The molecule has 3 aromatic rings. The van der Waals surface area contributed by atoms with E-state index in [1.54, 1.807) is 17.0 Å². The summed E-state index contributed by atoms with van der Waals surface area (Å²) in [7, 11) is 1.82. The van der Waals surface area contributed by atoms with Crippen LogP contribution >= 0.6 is 0 Å². The van der Waals surface area contributed by atoms with Crippen molar-refractivity contribution in [2.24, 2.45) is 0 Å². The van der Waals surface area contributed by atoms with Gasteiger partial charge in [-0.25, -0.2) is 0 Å². The molecule has 1 amide bonds. The Labute approximate surface area is 194 Å². The highest BCUT2D eigenvalue weighted by atomic mass is 16.6. The molecule has 1 aliphatic heterocycles. The third-order valence-electron chi connectivity index (χ3n) is 6.42. The third kappa shape index (κ3) is 5.29. The van der Waals surface area contributed by atoms with Gasteiger partial charge in [-0.2, -0.15) is 0 Å². The lowest BCUT2D eigenvalue weighted by Crippen LogP contribution is -2.41. The fourth-order valence-corrected chi connectivity index (χ4v) is 4.63. The molecule has 0 aliphatic carbocycles. The Morgan fingerprint density at radius 3 is 2.00 bits per heavy atom. The van der Waals surface area contributed by atoms with E-state index in [9.17, 15) is 14.9 Å². The predicted molar refractivity (Wildman–Crippen MR) is 129 cm³/mol. The monoisotopic (exact) mass is 443 g/mol. The highest BCUT2D eigenvalue weighted by Crippen LogP contribution is 2.32. The molecular weight excluding hydrogens is 414 g/mol. The van der Waals surface area contributed by atoms with Crippen molar-refractivity contribution in [3.8, 4) is 0 Å². The van der Waals surface area contributed by atoms with Crippen LogP contribution in [-0.2, 0) is 4.79 Å². The lowest BCUT2D eigenvalue weighted by molar-refractivity contribution is -0.385. The first-order chi connectivity index (χ1) is 16.0. The first-order valence-electron chi connectivity index (χ1n) is 11.4. The van der Waals surface area contributed by atoms with Gasteiger partial charge in [0.25, 0.3) is 5.69 Å². The van der Waals surface area contributed by atoms with Crippen LogP contribution in [0.5, 0.6) is 0 Å². The van der Waals surface area contributed by atoms with E-state index >= 15 is 0 Å². The Kier molecular flexibility index (Phi) is 7.15. The quantitative estimate of drug-likeness (QED) is 0.362. The summed E-state index contributed by atoms with van der Waals surface area (Å²) in [6.07, 6.45) is 2.27. The SMILES string of the molecule is CN(C(=O)C(c1ccccc1)c1ccccc1)C(CN1CCCC1)c1cccc([N+](=O)[O-])c1. The molecule has 1 fully saturated rings. The molecule has 1 aliphatic rings. The average molecular weight is 444 g/mol. The summed E-state index contributed by atoms with van der Waals surface area (Å²) in [5, 5.41) is 11.4. The van der Waals surface area contributed by atoms with Crippen molar-refractivity contribution in [2.45, 2.75) is 24.8 Å². The van der Waals surface area contributed by atoms with Crippen molar-refractivity contribution in [1.29, 1.82) is 0 Å². The van der Waals surface area contributed by atoms with Crippen LogP contribution in [0.4, 0.5) is 5.69 Å². The van der Waals surface area contributed by atoms with Crippen LogP contribution in [0.2, 0.25) is 0 Å². The van der Waals surface area contributed by atoms with Gasteiger partial charge in [0.05, 0.1) is 16.9 Å². The van der Waals surface area contributed by atoms with E-state index in [0.29, 0.717) is 6.54 Å². The smallest absolute Gasteiger partial charge is 0.269 e. The van der Waals surface area contributed by atoms with Gasteiger partial charge in [-0.1, -0.05) is 72.8 Å². The summed E-state index contributed by atoms with van der Waals surface area (Å²) in [5.41, 5.74) is 2.69. The maximum Gasteiger partial charge on any atom is 0.269 e. The largest absolute Gasteiger partial charge is 0.337 e. The number of benzene rings is 3. The first kappa shape index (κ1) is 22.7. The van der Waals surface area contributed by atoms with Crippen LogP contribution in [0, 0.1) is 10.1 Å². The summed E-state index contributed by atoms with van der Waals surface area (Å²) in [6.45, 7) is 2.61. The molecule has 1 atom stereocenters. The zero-order chi connectivity index (χ0) is 23.2. The molecule has 6 heteroatoms. The molecule has 4 rings (SSSR count). The lowest BCUT2D eigenvalue weighted by atomic mass is 9.89. The van der Waals surface area contributed by atoms with Gasteiger partial charge in [-0.3, -0.25) is 14.9 Å². The van der Waals surface area contributed by atoms with E-state index in [1.807, 2.05) is 73.8 Å². The number of nitro groups is 1. The highest BCUT2D eigenvalue weighted by Gasteiger charge is 2.32. The van der Waals surface area contributed by atoms with Gasteiger partial charge < -0.3 is 9.80 Å². The predicted octanol–water partition coefficient (Wildman–Crippen LogP) is 5.02. The molecule has 0 saturated carbocycles. The van der Waals surface area contributed by atoms with Gasteiger partial charge in [0, 0.05) is 25.7 Å². The second kappa shape index (κ2) is 10.4. The van der Waals surface area contributed by atoms with Crippen molar-refractivity contribution in [2.75, 3.05) is 26.7 Å². The minimum atomic E-state index is -0.447. The molecule has 0 radical (unpaired) electrons. The van der Waals surface area contributed by atoms with Gasteiger partial charge in [-0.05, 0) is 42.6 Å². The van der Waals surface area contributed by atoms with Gasteiger partial charge in [-0.15, -0.1) is 0 Å². The Morgan fingerprint density at radius 1 is 0.909 bits per heavy atom. The number of likely N-dealkylation sites (tertiary alicyclic amines) is 1. The normalized spacial score (nSPS) is 14.8. The Bertz CT molecular complexity index is 1040. The fourth-order valence-electron chi connectivity index (χ4n) is 4.63. The molecule has 0 bridgehead atoms. The van der Waals surface area contributed by atoms with E-state index in [4.69, 9.17) is 0 Å². The molecular formula is C27H29N3O3. The van der Waals surface area contributed by atoms with Crippen LogP contribution in [0.1, 0.15) is 41.5 Å². The summed E-state index contributed by atoms with van der Waals surface area (Å²) in [4.78, 5) is 29.2. The molecule has 0 aromatic heterocycles. The molecule has 33 heavy (non-hydrogen) atoms. The number of likely N-dealkylation sites (N-methyl/N-ethyl adjacent to an activating group) is 1. The Morgan fingerprint density at radius 2 is 1.45 bits per heavy atom. The number of non-ortho nitro benzene ring substituents is 1. The van der Waals surface area contributed by atoms with E-state index < -0.39 is 5.92 Å². The summed E-state index contributed by atoms with van der Waals surface area (Å²) in [5.74, 6) is -0.472. The van der Waals surface area contributed by atoms with E-state index in [1.165, 1.54) is 6.07 Å². The van der Waals surface area contributed by atoms with Crippen LogP contribution in [-0.4, -0.2) is 47.3 Å². The van der Waals surface area contributed by atoms with E-state index in [0.717, 1.165) is 42.6 Å². The standard InChI is InChI=1S/C27H29N3O3/c1-28(27(31)26(21-11-4-2-5-12-21)22-13-6-3-7-14-22)25(20-29-17-8-9-18-29)23-15-10-16-24(19-23)30(32)33/h2-7,10-16,19,25-26H,8-9,17-18,20H2,1H3. The number of carbonyl (C=O) groups is 1. The third-order valence-corrected chi connectivity index (χ3v) is 6.42. The van der Waals surface area contributed by atoms with Crippen LogP contribution in [0.25, 0.3) is 0 Å². The lowest BCUT2D eigenvalue weighted by Gasteiger charge is -2.34. The number of nitro benzene ring substituents is 1. The van der Waals surface area contributed by atoms with Crippen LogP contribution in [0.15, 0.2) is 84.9 Å².